The van der Waals surface area contributed by atoms with E-state index in [2.05, 4.69) is 33.2 Å². The van der Waals surface area contributed by atoms with Crippen molar-refractivity contribution in [3.63, 3.8) is 0 Å². The summed E-state index contributed by atoms with van der Waals surface area (Å²) in [6.45, 7) is 0. The van der Waals surface area contributed by atoms with Gasteiger partial charge >= 0.3 is 0 Å². The van der Waals surface area contributed by atoms with Crippen molar-refractivity contribution in [1.29, 1.82) is 0 Å². The zero-order valence-corrected chi connectivity index (χ0v) is 11.7. The molecular formula is C16H14ClN3. The van der Waals surface area contributed by atoms with E-state index >= 15 is 0 Å². The molecule has 4 heteroatoms. The minimum atomic E-state index is 0.229. The summed E-state index contributed by atoms with van der Waals surface area (Å²) < 4.78 is 0. The molecule has 1 aliphatic carbocycles. The smallest absolute Gasteiger partial charge is 0.208 e. The van der Waals surface area contributed by atoms with E-state index in [0.29, 0.717) is 11.6 Å². The Morgan fingerprint density at radius 1 is 0.900 bits per heavy atom. The van der Waals surface area contributed by atoms with Crippen LogP contribution in [0.15, 0.2) is 48.6 Å². The third kappa shape index (κ3) is 2.94. The van der Waals surface area contributed by atoms with Crippen LogP contribution in [0.3, 0.4) is 0 Å². The van der Waals surface area contributed by atoms with E-state index in [1.807, 2.05) is 30.3 Å². The lowest BCUT2D eigenvalue weighted by atomic mass is 10.2. The van der Waals surface area contributed by atoms with Gasteiger partial charge in [0.05, 0.1) is 0 Å². The molecule has 0 fully saturated rings. The van der Waals surface area contributed by atoms with E-state index < -0.39 is 0 Å². The van der Waals surface area contributed by atoms with E-state index in [0.717, 1.165) is 30.4 Å². The Morgan fingerprint density at radius 3 is 2.55 bits per heavy atom. The van der Waals surface area contributed by atoms with Gasteiger partial charge in [-0.2, -0.15) is 9.97 Å². The predicted molar refractivity (Wildman–Crippen MR) is 81.2 cm³/mol. The van der Waals surface area contributed by atoms with Crippen molar-refractivity contribution >= 4 is 17.2 Å². The average molecular weight is 284 g/mol. The monoisotopic (exact) mass is 283 g/mol. The largest absolute Gasteiger partial charge is 0.226 e. The van der Waals surface area contributed by atoms with Gasteiger partial charge in [-0.1, -0.05) is 48.6 Å². The van der Waals surface area contributed by atoms with Gasteiger partial charge in [0.1, 0.15) is 0 Å². The number of nitrogens with zero attached hydrogens (tertiary/aromatic N) is 3. The summed E-state index contributed by atoms with van der Waals surface area (Å²) in [7, 11) is 0. The lowest BCUT2D eigenvalue weighted by molar-refractivity contribution is 0.875. The molecular weight excluding hydrogens is 270 g/mol. The molecule has 100 valence electrons. The number of benzene rings is 1. The van der Waals surface area contributed by atoms with Crippen molar-refractivity contribution in [2.75, 3.05) is 0 Å². The summed E-state index contributed by atoms with van der Waals surface area (Å²) in [4.78, 5) is 13.0. The molecule has 0 unspecified atom stereocenters. The van der Waals surface area contributed by atoms with Crippen molar-refractivity contribution in [2.24, 2.45) is 0 Å². The van der Waals surface area contributed by atoms with Crippen LogP contribution in [0, 0.1) is 0 Å². The molecule has 0 saturated carbocycles. The van der Waals surface area contributed by atoms with Gasteiger partial charge in [-0.05, 0) is 30.9 Å². The first-order valence-corrected chi connectivity index (χ1v) is 7.05. The fraction of sp³-hybridized carbons (Fsp3) is 0.188. The van der Waals surface area contributed by atoms with Gasteiger partial charge in [-0.3, -0.25) is 0 Å². The second-order valence-corrected chi connectivity index (χ2v) is 4.95. The maximum Gasteiger partial charge on any atom is 0.226 e. The molecule has 0 spiro atoms. The van der Waals surface area contributed by atoms with Crippen molar-refractivity contribution in [3.8, 4) is 11.4 Å². The molecule has 0 bridgehead atoms. The molecule has 1 heterocycles. The number of aromatic nitrogens is 3. The highest BCUT2D eigenvalue weighted by Crippen LogP contribution is 2.22. The summed E-state index contributed by atoms with van der Waals surface area (Å²) in [5.74, 6) is 1.25. The van der Waals surface area contributed by atoms with Gasteiger partial charge in [-0.25, -0.2) is 4.98 Å². The second-order valence-electron chi connectivity index (χ2n) is 4.61. The molecule has 3 rings (SSSR count). The molecule has 1 aromatic heterocycles. The fourth-order valence-corrected chi connectivity index (χ4v) is 2.29. The topological polar surface area (TPSA) is 38.7 Å². The summed E-state index contributed by atoms with van der Waals surface area (Å²) >= 11 is 6.05. The molecule has 0 N–H and O–H groups in total. The van der Waals surface area contributed by atoms with Gasteiger partial charge in [0.2, 0.25) is 5.28 Å². The third-order valence-electron chi connectivity index (χ3n) is 3.13. The van der Waals surface area contributed by atoms with E-state index in [1.54, 1.807) is 0 Å². The van der Waals surface area contributed by atoms with Crippen LogP contribution in [0.2, 0.25) is 5.28 Å². The van der Waals surface area contributed by atoms with E-state index in [4.69, 9.17) is 11.6 Å². The van der Waals surface area contributed by atoms with Crippen molar-refractivity contribution in [2.45, 2.75) is 19.3 Å². The van der Waals surface area contributed by atoms with Gasteiger partial charge < -0.3 is 0 Å². The lowest BCUT2D eigenvalue weighted by Crippen LogP contribution is -1.99. The Balaban J connectivity index is 2.05. The Morgan fingerprint density at radius 2 is 1.70 bits per heavy atom. The third-order valence-corrected chi connectivity index (χ3v) is 3.30. The molecule has 0 saturated heterocycles. The van der Waals surface area contributed by atoms with Crippen LogP contribution < -0.4 is 0 Å². The molecule has 0 radical (unpaired) electrons. The summed E-state index contributed by atoms with van der Waals surface area (Å²) in [6.07, 6.45) is 9.65. The van der Waals surface area contributed by atoms with Crippen LogP contribution >= 0.6 is 11.6 Å². The van der Waals surface area contributed by atoms with Crippen LogP contribution in [0.4, 0.5) is 0 Å². The molecule has 3 nitrogen and oxygen atoms in total. The number of hydrogen-bond donors (Lipinski definition) is 0. The minimum Gasteiger partial charge on any atom is -0.208 e. The van der Waals surface area contributed by atoms with E-state index in [-0.39, 0.29) is 5.28 Å². The Labute approximate surface area is 123 Å². The number of hydrogen-bond acceptors (Lipinski definition) is 3. The first-order chi connectivity index (χ1) is 9.83. The first-order valence-electron chi connectivity index (χ1n) is 6.67. The lowest BCUT2D eigenvalue weighted by Gasteiger charge is -2.05. The van der Waals surface area contributed by atoms with Gasteiger partial charge in [0.25, 0.3) is 0 Å². The van der Waals surface area contributed by atoms with Gasteiger partial charge in [0, 0.05) is 11.1 Å². The SMILES string of the molecule is Clc1nc(C2=CCCCC=C2)nc(-c2ccccc2)n1. The average Bonchev–Trinajstić information content (AvgIpc) is 2.77. The molecule has 20 heavy (non-hydrogen) atoms. The number of halogens is 1. The quantitative estimate of drug-likeness (QED) is 0.824. The van der Waals surface area contributed by atoms with Crippen LogP contribution in [0.5, 0.6) is 0 Å². The Hall–Kier alpha value is -2.00. The normalized spacial score (nSPS) is 14.8. The molecule has 1 aliphatic rings. The van der Waals surface area contributed by atoms with E-state index in [1.165, 1.54) is 0 Å². The summed E-state index contributed by atoms with van der Waals surface area (Å²) in [6, 6.07) is 9.80. The molecule has 0 amide bonds. The molecule has 2 aromatic rings. The highest BCUT2D eigenvalue weighted by Gasteiger charge is 2.10. The summed E-state index contributed by atoms with van der Waals surface area (Å²) in [5.41, 5.74) is 1.96. The van der Waals surface area contributed by atoms with E-state index in [9.17, 15) is 0 Å². The Kier molecular flexibility index (Phi) is 3.88. The zero-order chi connectivity index (χ0) is 13.8. The van der Waals surface area contributed by atoms with Crippen LogP contribution in [0.25, 0.3) is 17.0 Å². The predicted octanol–water partition coefficient (Wildman–Crippen LogP) is 4.32. The molecule has 0 aliphatic heterocycles. The van der Waals surface area contributed by atoms with Crippen LogP contribution in [-0.4, -0.2) is 15.0 Å². The fourth-order valence-electron chi connectivity index (χ4n) is 2.13. The zero-order valence-electron chi connectivity index (χ0n) is 11.0. The highest BCUT2D eigenvalue weighted by atomic mass is 35.5. The van der Waals surface area contributed by atoms with Crippen molar-refractivity contribution in [1.82, 2.24) is 15.0 Å². The Bertz CT molecular complexity index is 663. The van der Waals surface area contributed by atoms with Crippen molar-refractivity contribution < 1.29 is 0 Å². The maximum atomic E-state index is 6.05. The van der Waals surface area contributed by atoms with Gasteiger partial charge in [-0.15, -0.1) is 0 Å². The second kappa shape index (κ2) is 5.97. The van der Waals surface area contributed by atoms with Crippen LogP contribution in [0.1, 0.15) is 25.1 Å². The maximum absolute atomic E-state index is 6.05. The van der Waals surface area contributed by atoms with Crippen molar-refractivity contribution in [3.05, 3.63) is 59.7 Å². The standard InChI is InChI=1S/C16H14ClN3/c17-16-19-14(12-8-4-1-2-5-9-12)18-15(20-16)13-10-6-3-7-11-13/h3-4,6-11H,1-2,5H2. The number of rotatable bonds is 2. The minimum absolute atomic E-state index is 0.229. The molecule has 0 atom stereocenters. The number of allylic oxidation sites excluding steroid dienone is 4. The van der Waals surface area contributed by atoms with Crippen LogP contribution in [-0.2, 0) is 0 Å². The highest BCUT2D eigenvalue weighted by molar-refractivity contribution is 6.28. The molecule has 1 aromatic carbocycles. The summed E-state index contributed by atoms with van der Waals surface area (Å²) in [5, 5.41) is 0.229. The van der Waals surface area contributed by atoms with Gasteiger partial charge in [0.15, 0.2) is 11.6 Å². The first kappa shape index (κ1) is 13.0.